The van der Waals surface area contributed by atoms with Gasteiger partial charge in [0.2, 0.25) is 0 Å². The fourth-order valence-corrected chi connectivity index (χ4v) is 2.03. The van der Waals surface area contributed by atoms with Gasteiger partial charge in [-0.15, -0.1) is 0 Å². The Morgan fingerprint density at radius 2 is 1.72 bits per heavy atom. The highest BCUT2D eigenvalue weighted by Gasteiger charge is 2.22. The number of hydrogen-bond donors (Lipinski definition) is 0. The number of hydrogen-bond acceptors (Lipinski definition) is 3. The van der Waals surface area contributed by atoms with Crippen molar-refractivity contribution in [1.29, 1.82) is 0 Å². The van der Waals surface area contributed by atoms with Crippen LogP contribution in [0.25, 0.3) is 0 Å². The molecule has 0 spiro atoms. The van der Waals surface area contributed by atoms with Crippen LogP contribution in [0.5, 0.6) is 0 Å². The summed E-state index contributed by atoms with van der Waals surface area (Å²) < 4.78 is 1.21. The zero-order valence-electron chi connectivity index (χ0n) is 9.09. The first-order valence-corrected chi connectivity index (χ1v) is 5.76. The number of rotatable bonds is 3. The molecule has 0 aliphatic heterocycles. The molecule has 0 aromatic heterocycles. The lowest BCUT2D eigenvalue weighted by molar-refractivity contribution is -0.383. The van der Waals surface area contributed by atoms with E-state index >= 15 is 0 Å². The Labute approximate surface area is 114 Å². The third-order valence-electron chi connectivity index (χ3n) is 2.34. The number of nitro groups is 1. The van der Waals surface area contributed by atoms with E-state index in [1.54, 1.807) is 36.4 Å². The van der Waals surface area contributed by atoms with Gasteiger partial charge in [0.15, 0.2) is 0 Å². The molecule has 0 amide bonds. The smallest absolute Gasteiger partial charge is 0.258 e. The van der Waals surface area contributed by atoms with E-state index in [0.29, 0.717) is 5.69 Å². The molecule has 0 fully saturated rings. The summed E-state index contributed by atoms with van der Waals surface area (Å²) in [4.78, 5) is 10.5. The molecule has 0 saturated heterocycles. The molecule has 0 radical (unpaired) electrons. The molecule has 0 unspecified atom stereocenters. The molecule has 0 aliphatic carbocycles. The number of nitrogens with zero attached hydrogens (tertiary/aromatic N) is 2. The molecule has 0 bridgehead atoms. The van der Waals surface area contributed by atoms with Crippen molar-refractivity contribution in [1.82, 2.24) is 0 Å². The summed E-state index contributed by atoms with van der Waals surface area (Å²) in [6.07, 6.45) is 0. The number of anilines is 2. The maximum absolute atomic E-state index is 11.0. The Morgan fingerprint density at radius 1 is 1.06 bits per heavy atom. The Bertz CT molecular complexity index is 576. The molecule has 2 aromatic carbocycles. The second-order valence-corrected chi connectivity index (χ2v) is 4.23. The molecule has 4 nitrogen and oxygen atoms in total. The second kappa shape index (κ2) is 5.25. The van der Waals surface area contributed by atoms with Crippen molar-refractivity contribution in [2.45, 2.75) is 0 Å². The predicted octanol–water partition coefficient (Wildman–Crippen LogP) is 4.54. The van der Waals surface area contributed by atoms with Crippen molar-refractivity contribution in [3.8, 4) is 0 Å². The van der Waals surface area contributed by atoms with Gasteiger partial charge in [-0.25, -0.2) is 4.42 Å². The summed E-state index contributed by atoms with van der Waals surface area (Å²) in [5.41, 5.74) is 0.655. The number of halogens is 2. The van der Waals surface area contributed by atoms with Gasteiger partial charge >= 0.3 is 5.69 Å². The van der Waals surface area contributed by atoms with Crippen LogP contribution in [-0.2, 0) is 0 Å². The van der Waals surface area contributed by atoms with Crippen LogP contribution in [0.4, 0.5) is 17.1 Å². The molecule has 2 rings (SSSR count). The van der Waals surface area contributed by atoms with Crippen LogP contribution < -0.4 is 4.42 Å². The maximum atomic E-state index is 11.0. The molecule has 92 valence electrons. The summed E-state index contributed by atoms with van der Waals surface area (Å²) in [6, 6.07) is 13.5. The molecule has 0 atom stereocenters. The van der Waals surface area contributed by atoms with Gasteiger partial charge in [0.05, 0.1) is 10.6 Å². The van der Waals surface area contributed by atoms with Crippen molar-refractivity contribution in [2.24, 2.45) is 0 Å². The van der Waals surface area contributed by atoms with Crippen molar-refractivity contribution in [3.05, 3.63) is 63.7 Å². The summed E-state index contributed by atoms with van der Waals surface area (Å²) in [5.74, 6) is 0. The number of para-hydroxylation sites is 2. The molecule has 18 heavy (non-hydrogen) atoms. The second-order valence-electron chi connectivity index (χ2n) is 3.48. The highest BCUT2D eigenvalue weighted by Crippen LogP contribution is 2.39. The van der Waals surface area contributed by atoms with Gasteiger partial charge in [0, 0.05) is 11.8 Å². The van der Waals surface area contributed by atoms with Crippen molar-refractivity contribution in [2.75, 3.05) is 4.42 Å². The predicted molar refractivity (Wildman–Crippen MR) is 72.5 cm³/mol. The minimum Gasteiger partial charge on any atom is -0.258 e. The van der Waals surface area contributed by atoms with Crippen LogP contribution in [-0.4, -0.2) is 4.92 Å². The Hall–Kier alpha value is -1.78. The van der Waals surface area contributed by atoms with Gasteiger partial charge in [0.1, 0.15) is 10.7 Å². The molecule has 0 N–H and O–H groups in total. The minimum atomic E-state index is -0.546. The fourth-order valence-electron chi connectivity index (χ4n) is 1.54. The largest absolute Gasteiger partial charge is 0.312 e. The average molecular weight is 283 g/mol. The Kier molecular flexibility index (Phi) is 3.69. The van der Waals surface area contributed by atoms with Crippen LogP contribution in [0.15, 0.2) is 48.5 Å². The van der Waals surface area contributed by atoms with E-state index in [1.165, 1.54) is 10.5 Å². The number of benzene rings is 2. The first-order valence-electron chi connectivity index (χ1n) is 5.05. The molecular formula is C12H8Cl2N2O2. The van der Waals surface area contributed by atoms with Gasteiger partial charge in [-0.2, -0.15) is 0 Å². The third-order valence-corrected chi connectivity index (χ3v) is 3.02. The van der Waals surface area contributed by atoms with E-state index in [-0.39, 0.29) is 16.4 Å². The third kappa shape index (κ3) is 2.39. The minimum absolute atomic E-state index is 0.0547. The van der Waals surface area contributed by atoms with Crippen LogP contribution >= 0.6 is 23.4 Å². The fraction of sp³-hybridized carbons (Fsp3) is 0. The average Bonchev–Trinajstić information content (AvgIpc) is 2.38. The molecule has 2 aromatic rings. The normalized spacial score (nSPS) is 10.1. The highest BCUT2D eigenvalue weighted by atomic mass is 35.5. The summed E-state index contributed by atoms with van der Waals surface area (Å²) in [6.45, 7) is 0. The Balaban J connectivity index is 2.52. The van der Waals surface area contributed by atoms with Crippen LogP contribution in [0.3, 0.4) is 0 Å². The molecule has 0 saturated carbocycles. The lowest BCUT2D eigenvalue weighted by Gasteiger charge is -2.16. The summed E-state index contributed by atoms with van der Waals surface area (Å²) >= 11 is 12.0. The highest BCUT2D eigenvalue weighted by molar-refractivity contribution is 6.35. The van der Waals surface area contributed by atoms with Crippen LogP contribution in [0, 0.1) is 10.1 Å². The quantitative estimate of drug-likeness (QED) is 0.472. The standard InChI is InChI=1S/C12H8Cl2N2O2/c13-10-7-4-8-11(12(10)16(17)18)15(14)9-5-2-1-3-6-9/h1-8H. The van der Waals surface area contributed by atoms with Crippen molar-refractivity contribution in [3.63, 3.8) is 0 Å². The zero-order chi connectivity index (χ0) is 13.1. The lowest BCUT2D eigenvalue weighted by Crippen LogP contribution is -2.05. The van der Waals surface area contributed by atoms with Gasteiger partial charge in [-0.3, -0.25) is 10.1 Å². The maximum Gasteiger partial charge on any atom is 0.312 e. The SMILES string of the molecule is O=[N+]([O-])c1c(Cl)cccc1N(Cl)c1ccccc1. The van der Waals surface area contributed by atoms with E-state index < -0.39 is 4.92 Å². The first-order chi connectivity index (χ1) is 8.61. The van der Waals surface area contributed by atoms with E-state index in [4.69, 9.17) is 23.4 Å². The van der Waals surface area contributed by atoms with Gasteiger partial charge in [-0.1, -0.05) is 35.9 Å². The molecule has 6 heteroatoms. The Morgan fingerprint density at radius 3 is 2.33 bits per heavy atom. The number of nitro benzene ring substituents is 1. The molecular weight excluding hydrogens is 275 g/mol. The van der Waals surface area contributed by atoms with E-state index in [1.807, 2.05) is 6.07 Å². The van der Waals surface area contributed by atoms with Crippen molar-refractivity contribution < 1.29 is 4.92 Å². The lowest BCUT2D eigenvalue weighted by atomic mass is 10.2. The monoisotopic (exact) mass is 282 g/mol. The zero-order valence-corrected chi connectivity index (χ0v) is 10.6. The van der Waals surface area contributed by atoms with Crippen molar-refractivity contribution >= 4 is 40.4 Å². The van der Waals surface area contributed by atoms with E-state index in [9.17, 15) is 10.1 Å². The van der Waals surface area contributed by atoms with E-state index in [2.05, 4.69) is 0 Å². The van der Waals surface area contributed by atoms with E-state index in [0.717, 1.165) is 0 Å². The summed E-state index contributed by atoms with van der Waals surface area (Å²) in [7, 11) is 0. The summed E-state index contributed by atoms with van der Waals surface area (Å²) in [5, 5.41) is 11.1. The van der Waals surface area contributed by atoms with Gasteiger partial charge in [0.25, 0.3) is 0 Å². The molecule has 0 heterocycles. The first kappa shape index (κ1) is 12.7. The van der Waals surface area contributed by atoms with Crippen LogP contribution in [0.1, 0.15) is 0 Å². The van der Waals surface area contributed by atoms with Gasteiger partial charge in [-0.05, 0) is 24.3 Å². The molecule has 0 aliphatic rings. The topological polar surface area (TPSA) is 46.4 Å². The van der Waals surface area contributed by atoms with Crippen LogP contribution in [0.2, 0.25) is 5.02 Å². The van der Waals surface area contributed by atoms with Gasteiger partial charge < -0.3 is 0 Å².